The molecule has 0 bridgehead atoms. The molecule has 0 saturated carbocycles. The average Bonchev–Trinajstić information content (AvgIpc) is 2.79. The fraction of sp³-hybridized carbons (Fsp3) is 0.250. The van der Waals surface area contributed by atoms with Crippen LogP contribution in [0.1, 0.15) is 11.1 Å². The first kappa shape index (κ1) is 23.1. The zero-order valence-corrected chi connectivity index (χ0v) is 16.8. The summed E-state index contributed by atoms with van der Waals surface area (Å²) in [6, 6.07) is 19.0. The van der Waals surface area contributed by atoms with Gasteiger partial charge >= 0.3 is 11.9 Å². The van der Waals surface area contributed by atoms with Gasteiger partial charge in [-0.1, -0.05) is 60.7 Å². The van der Waals surface area contributed by atoms with E-state index in [0.29, 0.717) is 13.2 Å². The van der Waals surface area contributed by atoms with Gasteiger partial charge in [0, 0.05) is 12.2 Å². The van der Waals surface area contributed by atoms with Crippen molar-refractivity contribution >= 4 is 24.1 Å². The first-order chi connectivity index (χ1) is 14.7. The molecule has 0 aliphatic heterocycles. The minimum Gasteiger partial charge on any atom is -0.460 e. The van der Waals surface area contributed by atoms with Gasteiger partial charge in [-0.25, -0.2) is 9.59 Å². The van der Waals surface area contributed by atoms with Crippen LogP contribution < -0.4 is 0 Å². The highest BCUT2D eigenvalue weighted by atomic mass is 16.6. The quantitative estimate of drug-likeness (QED) is 0.286. The molecule has 0 N–H and O–H groups in total. The molecule has 0 aliphatic rings. The second-order valence-electron chi connectivity index (χ2n) is 6.05. The molecule has 0 spiro atoms. The van der Waals surface area contributed by atoms with Crippen LogP contribution in [0.4, 0.5) is 0 Å². The van der Waals surface area contributed by atoms with Gasteiger partial charge in [-0.3, -0.25) is 0 Å². The third-order valence-electron chi connectivity index (χ3n) is 3.74. The summed E-state index contributed by atoms with van der Waals surface area (Å²) in [5, 5.41) is 0. The second-order valence-corrected chi connectivity index (χ2v) is 6.05. The molecule has 0 heterocycles. The van der Waals surface area contributed by atoms with Crippen molar-refractivity contribution in [2.24, 2.45) is 0 Å². The van der Waals surface area contributed by atoms with E-state index in [1.54, 1.807) is 12.2 Å². The molecule has 0 atom stereocenters. The van der Waals surface area contributed by atoms with Gasteiger partial charge in [0.15, 0.2) is 0 Å². The zero-order valence-electron chi connectivity index (χ0n) is 16.8. The van der Waals surface area contributed by atoms with E-state index in [0.717, 1.165) is 11.1 Å². The maximum Gasteiger partial charge on any atom is 0.330 e. The fourth-order valence-corrected chi connectivity index (χ4v) is 2.28. The normalized spacial score (nSPS) is 11.1. The Hall–Kier alpha value is -3.22. The van der Waals surface area contributed by atoms with Crippen LogP contribution in [0.25, 0.3) is 12.2 Å². The fourth-order valence-electron chi connectivity index (χ4n) is 2.28. The van der Waals surface area contributed by atoms with Crippen LogP contribution in [0, 0.1) is 0 Å². The number of rotatable bonds is 13. The maximum absolute atomic E-state index is 11.6. The third kappa shape index (κ3) is 10.9. The molecule has 0 amide bonds. The molecule has 0 unspecified atom stereocenters. The number of carbonyl (C=O) groups excluding carboxylic acids is 2. The van der Waals surface area contributed by atoms with Crippen LogP contribution in [0.15, 0.2) is 72.8 Å². The largest absolute Gasteiger partial charge is 0.460 e. The Kier molecular flexibility index (Phi) is 11.3. The van der Waals surface area contributed by atoms with E-state index in [2.05, 4.69) is 0 Å². The molecule has 30 heavy (non-hydrogen) atoms. The van der Waals surface area contributed by atoms with Gasteiger partial charge in [0.05, 0.1) is 26.4 Å². The van der Waals surface area contributed by atoms with Crippen molar-refractivity contribution < 1.29 is 28.5 Å². The van der Waals surface area contributed by atoms with Crippen molar-refractivity contribution in [2.45, 2.75) is 0 Å². The summed E-state index contributed by atoms with van der Waals surface area (Å²) in [7, 11) is 0. The highest BCUT2D eigenvalue weighted by Gasteiger charge is 1.99. The van der Waals surface area contributed by atoms with Crippen LogP contribution in [0.5, 0.6) is 0 Å². The van der Waals surface area contributed by atoms with Crippen LogP contribution in [-0.2, 0) is 28.5 Å². The lowest BCUT2D eigenvalue weighted by molar-refractivity contribution is -0.141. The van der Waals surface area contributed by atoms with Gasteiger partial charge in [0.1, 0.15) is 13.2 Å². The Balaban J connectivity index is 1.40. The van der Waals surface area contributed by atoms with Crippen LogP contribution in [-0.4, -0.2) is 51.6 Å². The summed E-state index contributed by atoms with van der Waals surface area (Å²) in [5.74, 6) is -0.830. The maximum atomic E-state index is 11.6. The molecule has 0 saturated heterocycles. The van der Waals surface area contributed by atoms with E-state index in [4.69, 9.17) is 18.9 Å². The first-order valence-electron chi connectivity index (χ1n) is 9.69. The molecule has 6 nitrogen and oxygen atoms in total. The van der Waals surface area contributed by atoms with E-state index < -0.39 is 11.9 Å². The van der Waals surface area contributed by atoms with Crippen molar-refractivity contribution in [2.75, 3.05) is 39.6 Å². The smallest absolute Gasteiger partial charge is 0.330 e. The summed E-state index contributed by atoms with van der Waals surface area (Å²) in [5.41, 5.74) is 1.86. The number of esters is 2. The Labute approximate surface area is 176 Å². The molecular formula is C24H26O6. The molecule has 2 aromatic rings. The molecule has 0 radical (unpaired) electrons. The number of carbonyl (C=O) groups is 2. The van der Waals surface area contributed by atoms with Gasteiger partial charge in [0.25, 0.3) is 0 Å². The van der Waals surface area contributed by atoms with Gasteiger partial charge in [-0.05, 0) is 23.3 Å². The van der Waals surface area contributed by atoms with Crippen molar-refractivity contribution in [3.8, 4) is 0 Å². The van der Waals surface area contributed by atoms with E-state index in [1.165, 1.54) is 12.2 Å². The highest BCUT2D eigenvalue weighted by Crippen LogP contribution is 2.02. The lowest BCUT2D eigenvalue weighted by Crippen LogP contribution is -2.14. The molecule has 2 rings (SSSR count). The van der Waals surface area contributed by atoms with Gasteiger partial charge in [-0.2, -0.15) is 0 Å². The molecule has 0 fully saturated rings. The van der Waals surface area contributed by atoms with Crippen LogP contribution in [0.3, 0.4) is 0 Å². The van der Waals surface area contributed by atoms with Crippen molar-refractivity contribution in [3.05, 3.63) is 83.9 Å². The monoisotopic (exact) mass is 410 g/mol. The summed E-state index contributed by atoms with van der Waals surface area (Å²) < 4.78 is 20.7. The third-order valence-corrected chi connectivity index (χ3v) is 3.74. The molecular weight excluding hydrogens is 384 g/mol. The molecule has 6 heteroatoms. The lowest BCUT2D eigenvalue weighted by Gasteiger charge is -2.06. The highest BCUT2D eigenvalue weighted by molar-refractivity contribution is 5.87. The van der Waals surface area contributed by atoms with E-state index in [-0.39, 0.29) is 26.4 Å². The predicted octanol–water partition coefficient (Wildman–Crippen LogP) is 3.53. The SMILES string of the molecule is O=C(/C=C/c1ccccc1)OCCOCCOCCOC(=O)/C=C/c1ccccc1. The predicted molar refractivity (Wildman–Crippen MR) is 115 cm³/mol. The minimum absolute atomic E-state index is 0.170. The Morgan fingerprint density at radius 3 is 1.33 bits per heavy atom. The second kappa shape index (κ2) is 14.7. The van der Waals surface area contributed by atoms with Gasteiger partial charge in [-0.15, -0.1) is 0 Å². The number of hydrogen-bond donors (Lipinski definition) is 0. The topological polar surface area (TPSA) is 71.1 Å². The lowest BCUT2D eigenvalue weighted by atomic mass is 10.2. The van der Waals surface area contributed by atoms with E-state index in [1.807, 2.05) is 60.7 Å². The Morgan fingerprint density at radius 1 is 0.567 bits per heavy atom. The van der Waals surface area contributed by atoms with Crippen molar-refractivity contribution in [1.29, 1.82) is 0 Å². The standard InChI is InChI=1S/C24H26O6/c25-23(13-11-21-7-3-1-4-8-21)29-19-17-27-15-16-28-18-20-30-24(26)14-12-22-9-5-2-6-10-22/h1-14H,15-20H2/b13-11+,14-12+. The average molecular weight is 410 g/mol. The number of benzene rings is 2. The number of ether oxygens (including phenoxy) is 4. The molecule has 0 aliphatic carbocycles. The summed E-state index contributed by atoms with van der Waals surface area (Å²) >= 11 is 0. The summed E-state index contributed by atoms with van der Waals surface area (Å²) in [6.45, 7) is 1.63. The van der Waals surface area contributed by atoms with Crippen LogP contribution >= 0.6 is 0 Å². The van der Waals surface area contributed by atoms with Crippen molar-refractivity contribution in [1.82, 2.24) is 0 Å². The first-order valence-corrected chi connectivity index (χ1v) is 9.69. The molecule has 0 aromatic heterocycles. The summed E-state index contributed by atoms with van der Waals surface area (Å²) in [6.07, 6.45) is 6.16. The van der Waals surface area contributed by atoms with Gasteiger partial charge in [0.2, 0.25) is 0 Å². The van der Waals surface area contributed by atoms with Gasteiger partial charge < -0.3 is 18.9 Å². The van der Waals surface area contributed by atoms with E-state index in [9.17, 15) is 9.59 Å². The molecule has 158 valence electrons. The Morgan fingerprint density at radius 2 is 0.933 bits per heavy atom. The number of hydrogen-bond acceptors (Lipinski definition) is 6. The van der Waals surface area contributed by atoms with Crippen LogP contribution in [0.2, 0.25) is 0 Å². The minimum atomic E-state index is -0.415. The summed E-state index contributed by atoms with van der Waals surface area (Å²) in [4.78, 5) is 23.1. The molecule has 2 aromatic carbocycles. The van der Waals surface area contributed by atoms with Crippen molar-refractivity contribution in [3.63, 3.8) is 0 Å². The van der Waals surface area contributed by atoms with E-state index >= 15 is 0 Å². The Bertz CT molecular complexity index is 729. The zero-order chi connectivity index (χ0) is 21.3.